The van der Waals surface area contributed by atoms with E-state index in [2.05, 4.69) is 0 Å². The molecule has 1 rings (SSSR count). The van der Waals surface area contributed by atoms with Gasteiger partial charge in [0, 0.05) is 12.9 Å². The van der Waals surface area contributed by atoms with E-state index in [9.17, 15) is 13.5 Å². The number of aliphatic hydroxyl groups excluding tert-OH is 1. The Kier molecular flexibility index (Phi) is 5.78. The SMILES string of the molecule is CCOC(c1ccccc1)C(O)CCS(C)(=O)=O. The van der Waals surface area contributed by atoms with Crippen LogP contribution in [0.25, 0.3) is 0 Å². The molecule has 0 aromatic heterocycles. The third-order valence-electron chi connectivity index (χ3n) is 2.61. The van der Waals surface area contributed by atoms with Crippen molar-refractivity contribution in [3.8, 4) is 0 Å². The Labute approximate surface area is 109 Å². The monoisotopic (exact) mass is 272 g/mol. The molecule has 0 aliphatic rings. The minimum atomic E-state index is -3.07. The highest BCUT2D eigenvalue weighted by Gasteiger charge is 2.22. The van der Waals surface area contributed by atoms with E-state index in [1.165, 1.54) is 0 Å². The predicted octanol–water partition coefficient (Wildman–Crippen LogP) is 1.56. The van der Waals surface area contributed by atoms with Crippen LogP contribution in [0.15, 0.2) is 30.3 Å². The van der Waals surface area contributed by atoms with Gasteiger partial charge in [-0.3, -0.25) is 0 Å². The molecule has 2 atom stereocenters. The largest absolute Gasteiger partial charge is 0.390 e. The van der Waals surface area contributed by atoms with Gasteiger partial charge in [-0.15, -0.1) is 0 Å². The van der Waals surface area contributed by atoms with E-state index in [1.807, 2.05) is 37.3 Å². The number of sulfone groups is 1. The Bertz CT molecular complexity index is 441. The van der Waals surface area contributed by atoms with E-state index in [-0.39, 0.29) is 12.2 Å². The quantitative estimate of drug-likeness (QED) is 0.818. The van der Waals surface area contributed by atoms with E-state index in [0.29, 0.717) is 6.61 Å². The molecule has 0 aliphatic carbocycles. The second-order valence-corrected chi connectivity index (χ2v) is 6.53. The highest BCUT2D eigenvalue weighted by molar-refractivity contribution is 7.90. The average Bonchev–Trinajstić information content (AvgIpc) is 2.33. The van der Waals surface area contributed by atoms with Crippen molar-refractivity contribution in [2.45, 2.75) is 25.6 Å². The van der Waals surface area contributed by atoms with Crippen LogP contribution in [0, 0.1) is 0 Å². The molecule has 0 radical (unpaired) electrons. The van der Waals surface area contributed by atoms with Gasteiger partial charge in [0.25, 0.3) is 0 Å². The van der Waals surface area contributed by atoms with Gasteiger partial charge >= 0.3 is 0 Å². The number of ether oxygens (including phenoxy) is 1. The molecule has 2 unspecified atom stereocenters. The number of hydrogen-bond acceptors (Lipinski definition) is 4. The summed E-state index contributed by atoms with van der Waals surface area (Å²) in [5.41, 5.74) is 0.861. The molecule has 0 fully saturated rings. The van der Waals surface area contributed by atoms with Crippen molar-refractivity contribution in [1.82, 2.24) is 0 Å². The van der Waals surface area contributed by atoms with Gasteiger partial charge in [-0.2, -0.15) is 0 Å². The van der Waals surface area contributed by atoms with Crippen LogP contribution >= 0.6 is 0 Å². The maximum absolute atomic E-state index is 11.1. The first-order valence-corrected chi connectivity index (χ1v) is 8.02. The van der Waals surface area contributed by atoms with Crippen LogP contribution in [-0.2, 0) is 14.6 Å². The number of benzene rings is 1. The van der Waals surface area contributed by atoms with Gasteiger partial charge in [-0.25, -0.2) is 8.42 Å². The molecular formula is C13H20O4S. The lowest BCUT2D eigenvalue weighted by molar-refractivity contribution is -0.0353. The van der Waals surface area contributed by atoms with Crippen molar-refractivity contribution >= 4 is 9.84 Å². The molecule has 0 saturated heterocycles. The Morgan fingerprint density at radius 3 is 2.39 bits per heavy atom. The molecule has 1 aromatic rings. The van der Waals surface area contributed by atoms with Gasteiger partial charge in [-0.1, -0.05) is 30.3 Å². The first kappa shape index (κ1) is 15.1. The molecule has 5 heteroatoms. The first-order valence-electron chi connectivity index (χ1n) is 5.96. The lowest BCUT2D eigenvalue weighted by Gasteiger charge is -2.23. The molecule has 0 bridgehead atoms. The highest BCUT2D eigenvalue weighted by atomic mass is 32.2. The van der Waals surface area contributed by atoms with Crippen LogP contribution in [0.4, 0.5) is 0 Å². The van der Waals surface area contributed by atoms with E-state index >= 15 is 0 Å². The Balaban J connectivity index is 2.73. The Morgan fingerprint density at radius 2 is 1.89 bits per heavy atom. The fraction of sp³-hybridized carbons (Fsp3) is 0.538. The molecule has 0 amide bonds. The number of rotatable bonds is 7. The molecule has 4 nitrogen and oxygen atoms in total. The third-order valence-corrected chi connectivity index (χ3v) is 3.59. The second-order valence-electron chi connectivity index (χ2n) is 4.27. The summed E-state index contributed by atoms with van der Waals surface area (Å²) in [7, 11) is -3.07. The van der Waals surface area contributed by atoms with Crippen molar-refractivity contribution in [2.24, 2.45) is 0 Å². The van der Waals surface area contributed by atoms with Crippen LogP contribution in [0.5, 0.6) is 0 Å². The molecular weight excluding hydrogens is 252 g/mol. The molecule has 18 heavy (non-hydrogen) atoms. The average molecular weight is 272 g/mol. The van der Waals surface area contributed by atoms with Crippen LogP contribution in [0.1, 0.15) is 25.0 Å². The smallest absolute Gasteiger partial charge is 0.147 e. The summed E-state index contributed by atoms with van der Waals surface area (Å²) in [4.78, 5) is 0. The normalized spacial score (nSPS) is 15.3. The number of aliphatic hydroxyl groups is 1. The van der Waals surface area contributed by atoms with E-state index in [4.69, 9.17) is 4.74 Å². The summed E-state index contributed by atoms with van der Waals surface area (Å²) in [6, 6.07) is 9.35. The van der Waals surface area contributed by atoms with Crippen LogP contribution in [-0.4, -0.2) is 38.2 Å². The van der Waals surface area contributed by atoms with Crippen molar-refractivity contribution in [1.29, 1.82) is 0 Å². The van der Waals surface area contributed by atoms with Gasteiger partial charge in [0.2, 0.25) is 0 Å². The van der Waals surface area contributed by atoms with Crippen LogP contribution in [0.2, 0.25) is 0 Å². The minimum Gasteiger partial charge on any atom is -0.390 e. The molecule has 1 aromatic carbocycles. The first-order chi connectivity index (χ1) is 8.44. The summed E-state index contributed by atoms with van der Waals surface area (Å²) in [6.45, 7) is 2.31. The molecule has 0 spiro atoms. The van der Waals surface area contributed by atoms with Crippen molar-refractivity contribution in [3.63, 3.8) is 0 Å². The number of hydrogen-bond donors (Lipinski definition) is 1. The van der Waals surface area contributed by atoms with Crippen LogP contribution in [0.3, 0.4) is 0 Å². The summed E-state index contributed by atoms with van der Waals surface area (Å²) in [5, 5.41) is 10.1. The fourth-order valence-electron chi connectivity index (χ4n) is 1.74. The molecule has 0 saturated carbocycles. The summed E-state index contributed by atoms with van der Waals surface area (Å²) in [5.74, 6) is -0.0371. The van der Waals surface area contributed by atoms with Gasteiger partial charge in [-0.05, 0) is 18.9 Å². The maximum Gasteiger partial charge on any atom is 0.147 e. The zero-order valence-electron chi connectivity index (χ0n) is 10.7. The molecule has 0 heterocycles. The summed E-state index contributed by atoms with van der Waals surface area (Å²) < 4.78 is 27.7. The molecule has 102 valence electrons. The Morgan fingerprint density at radius 1 is 1.28 bits per heavy atom. The highest BCUT2D eigenvalue weighted by Crippen LogP contribution is 2.23. The van der Waals surface area contributed by atoms with Gasteiger partial charge < -0.3 is 9.84 Å². The third kappa shape index (κ3) is 5.16. The fourth-order valence-corrected chi connectivity index (χ4v) is 2.41. The maximum atomic E-state index is 11.1. The topological polar surface area (TPSA) is 63.6 Å². The van der Waals surface area contributed by atoms with Crippen LogP contribution < -0.4 is 0 Å². The van der Waals surface area contributed by atoms with Crippen molar-refractivity contribution in [2.75, 3.05) is 18.6 Å². The predicted molar refractivity (Wildman–Crippen MR) is 71.1 cm³/mol. The standard InChI is InChI=1S/C13H20O4S/c1-3-17-13(11-7-5-4-6-8-11)12(14)9-10-18(2,15)16/h4-8,12-14H,3,9-10H2,1-2H3. The lowest BCUT2D eigenvalue weighted by Crippen LogP contribution is -2.24. The summed E-state index contributed by atoms with van der Waals surface area (Å²) in [6.07, 6.45) is 0.0519. The Hall–Kier alpha value is -0.910. The van der Waals surface area contributed by atoms with Crippen molar-refractivity contribution < 1.29 is 18.3 Å². The zero-order valence-corrected chi connectivity index (χ0v) is 11.6. The lowest BCUT2D eigenvalue weighted by atomic mass is 10.0. The molecule has 0 aliphatic heterocycles. The van der Waals surface area contributed by atoms with E-state index in [0.717, 1.165) is 11.8 Å². The molecule has 1 N–H and O–H groups in total. The van der Waals surface area contributed by atoms with E-state index in [1.54, 1.807) is 0 Å². The second kappa shape index (κ2) is 6.87. The van der Waals surface area contributed by atoms with Gasteiger partial charge in [0.15, 0.2) is 0 Å². The van der Waals surface area contributed by atoms with E-state index < -0.39 is 22.0 Å². The van der Waals surface area contributed by atoms with Crippen molar-refractivity contribution in [3.05, 3.63) is 35.9 Å². The van der Waals surface area contributed by atoms with Gasteiger partial charge in [0.05, 0.1) is 11.9 Å². The zero-order chi connectivity index (χ0) is 13.6. The summed E-state index contributed by atoms with van der Waals surface area (Å²) >= 11 is 0. The van der Waals surface area contributed by atoms with Gasteiger partial charge in [0.1, 0.15) is 15.9 Å². The minimum absolute atomic E-state index is 0.0371.